The number of carbonyl (C=O) groups is 1. The quantitative estimate of drug-likeness (QED) is 0.360. The molecule has 1 aliphatic carbocycles. The number of hydrogen-bond acceptors (Lipinski definition) is 4. The summed E-state index contributed by atoms with van der Waals surface area (Å²) in [6.07, 6.45) is 0.607. The van der Waals surface area contributed by atoms with E-state index in [1.54, 1.807) is 0 Å². The molecule has 0 spiro atoms. The summed E-state index contributed by atoms with van der Waals surface area (Å²) in [5, 5.41) is 8.38. The second kappa shape index (κ2) is 3.04. The van der Waals surface area contributed by atoms with Gasteiger partial charge < -0.3 is 4.84 Å². The SMILES string of the molecule is O=C(Cl)[C@@H]1C[C@H]1CO[N+](=O)[O-]. The van der Waals surface area contributed by atoms with Crippen molar-refractivity contribution in [2.75, 3.05) is 6.61 Å². The highest BCUT2D eigenvalue weighted by Crippen LogP contribution is 2.40. The number of carbonyl (C=O) groups excluding carboxylic acids is 1. The standard InChI is InChI=1S/C5H6ClNO4/c6-5(8)4-1-3(4)2-11-7(9)10/h3-4H,1-2H2/t3-,4+/m0/s1. The Morgan fingerprint density at radius 2 is 2.45 bits per heavy atom. The summed E-state index contributed by atoms with van der Waals surface area (Å²) < 4.78 is 0. The molecule has 2 atom stereocenters. The smallest absolute Gasteiger partial charge is 0.294 e. The van der Waals surface area contributed by atoms with Crippen LogP contribution in [-0.4, -0.2) is 16.9 Å². The van der Waals surface area contributed by atoms with Gasteiger partial charge in [0.2, 0.25) is 5.24 Å². The normalized spacial score (nSPS) is 27.7. The first-order chi connectivity index (χ1) is 5.11. The number of rotatable bonds is 4. The van der Waals surface area contributed by atoms with Crippen molar-refractivity contribution in [3.63, 3.8) is 0 Å². The van der Waals surface area contributed by atoms with E-state index in [0.717, 1.165) is 0 Å². The largest absolute Gasteiger partial charge is 0.314 e. The number of hydrogen-bond donors (Lipinski definition) is 0. The summed E-state index contributed by atoms with van der Waals surface area (Å²) in [4.78, 5) is 24.1. The van der Waals surface area contributed by atoms with Gasteiger partial charge >= 0.3 is 0 Å². The van der Waals surface area contributed by atoms with Crippen molar-refractivity contribution in [1.82, 2.24) is 0 Å². The van der Waals surface area contributed by atoms with E-state index in [9.17, 15) is 14.9 Å². The molecule has 0 unspecified atom stereocenters. The molecule has 0 bridgehead atoms. The van der Waals surface area contributed by atoms with E-state index < -0.39 is 10.3 Å². The molecular formula is C5H6ClNO4. The zero-order valence-electron chi connectivity index (χ0n) is 5.53. The molecule has 0 N–H and O–H groups in total. The Kier molecular flexibility index (Phi) is 2.28. The van der Waals surface area contributed by atoms with Gasteiger partial charge in [0.1, 0.15) is 6.61 Å². The minimum absolute atomic E-state index is 0.0177. The van der Waals surface area contributed by atoms with Gasteiger partial charge in [-0.2, -0.15) is 0 Å². The maximum Gasteiger partial charge on any atom is 0.294 e. The predicted octanol–water partition coefficient (Wildman–Crippen LogP) is 0.596. The summed E-state index contributed by atoms with van der Waals surface area (Å²) in [6.45, 7) is -0.0177. The van der Waals surface area contributed by atoms with E-state index in [4.69, 9.17) is 11.6 Å². The molecule has 1 rings (SSSR count). The van der Waals surface area contributed by atoms with Gasteiger partial charge in [0.25, 0.3) is 5.09 Å². The van der Waals surface area contributed by atoms with Crippen LogP contribution in [0.2, 0.25) is 0 Å². The molecular weight excluding hydrogens is 174 g/mol. The van der Waals surface area contributed by atoms with Gasteiger partial charge in [0.15, 0.2) is 0 Å². The zero-order valence-corrected chi connectivity index (χ0v) is 6.28. The third-order valence-corrected chi connectivity index (χ3v) is 1.89. The second-order valence-electron chi connectivity index (χ2n) is 2.43. The second-order valence-corrected chi connectivity index (χ2v) is 2.80. The molecule has 5 nitrogen and oxygen atoms in total. The monoisotopic (exact) mass is 179 g/mol. The molecule has 0 heterocycles. The van der Waals surface area contributed by atoms with E-state index in [1.165, 1.54) is 0 Å². The molecule has 0 amide bonds. The molecule has 1 aliphatic rings. The van der Waals surface area contributed by atoms with Gasteiger partial charge in [-0.3, -0.25) is 4.79 Å². The summed E-state index contributed by atoms with van der Waals surface area (Å²) in [6, 6.07) is 0. The predicted molar refractivity (Wildman–Crippen MR) is 35.4 cm³/mol. The maximum absolute atomic E-state index is 10.4. The van der Waals surface area contributed by atoms with E-state index >= 15 is 0 Å². The van der Waals surface area contributed by atoms with E-state index in [1.807, 2.05) is 0 Å². The Labute approximate surface area is 67.4 Å². The molecule has 6 heteroatoms. The molecule has 0 aromatic carbocycles. The van der Waals surface area contributed by atoms with Crippen LogP contribution in [0.5, 0.6) is 0 Å². The van der Waals surface area contributed by atoms with Gasteiger partial charge in [-0.15, -0.1) is 10.1 Å². The van der Waals surface area contributed by atoms with Crippen LogP contribution in [0, 0.1) is 22.0 Å². The number of nitrogens with zero attached hydrogens (tertiary/aromatic N) is 1. The van der Waals surface area contributed by atoms with Crippen LogP contribution < -0.4 is 0 Å². The molecule has 0 saturated heterocycles. The van der Waals surface area contributed by atoms with Crippen LogP contribution >= 0.6 is 11.6 Å². The fourth-order valence-corrected chi connectivity index (χ4v) is 1.13. The molecule has 0 radical (unpaired) electrons. The first kappa shape index (κ1) is 8.26. The third-order valence-electron chi connectivity index (χ3n) is 1.61. The lowest BCUT2D eigenvalue weighted by Crippen LogP contribution is -2.05. The van der Waals surface area contributed by atoms with Crippen LogP contribution in [0.25, 0.3) is 0 Å². The Morgan fingerprint density at radius 3 is 2.82 bits per heavy atom. The average Bonchev–Trinajstić information content (AvgIpc) is 2.61. The van der Waals surface area contributed by atoms with E-state index in [2.05, 4.69) is 4.84 Å². The molecule has 1 fully saturated rings. The number of halogens is 1. The van der Waals surface area contributed by atoms with E-state index in [0.29, 0.717) is 6.42 Å². The zero-order chi connectivity index (χ0) is 8.43. The fraction of sp³-hybridized carbons (Fsp3) is 0.800. The van der Waals surface area contributed by atoms with E-state index in [-0.39, 0.29) is 18.4 Å². The van der Waals surface area contributed by atoms with Crippen LogP contribution in [0.15, 0.2) is 0 Å². The van der Waals surface area contributed by atoms with Crippen molar-refractivity contribution in [1.29, 1.82) is 0 Å². The minimum Gasteiger partial charge on any atom is -0.314 e. The van der Waals surface area contributed by atoms with Crippen LogP contribution in [-0.2, 0) is 9.63 Å². The highest BCUT2D eigenvalue weighted by molar-refractivity contribution is 6.64. The first-order valence-electron chi connectivity index (χ1n) is 3.08. The molecule has 11 heavy (non-hydrogen) atoms. The van der Waals surface area contributed by atoms with Crippen molar-refractivity contribution in [2.24, 2.45) is 11.8 Å². The van der Waals surface area contributed by atoms with Crippen molar-refractivity contribution in [3.8, 4) is 0 Å². The lowest BCUT2D eigenvalue weighted by atomic mass is 10.3. The van der Waals surface area contributed by atoms with Crippen LogP contribution in [0.1, 0.15) is 6.42 Å². The third kappa shape index (κ3) is 2.34. The molecule has 1 saturated carbocycles. The van der Waals surface area contributed by atoms with Gasteiger partial charge in [0, 0.05) is 5.92 Å². The highest BCUT2D eigenvalue weighted by Gasteiger charge is 2.42. The van der Waals surface area contributed by atoms with Gasteiger partial charge in [-0.1, -0.05) is 0 Å². The fourth-order valence-electron chi connectivity index (χ4n) is 0.866. The van der Waals surface area contributed by atoms with Gasteiger partial charge in [-0.05, 0) is 23.9 Å². The topological polar surface area (TPSA) is 69.4 Å². The summed E-state index contributed by atoms with van der Waals surface area (Å²) in [5.41, 5.74) is 0. The van der Waals surface area contributed by atoms with Gasteiger partial charge in [0.05, 0.1) is 0 Å². The maximum atomic E-state index is 10.4. The lowest BCUT2D eigenvalue weighted by Gasteiger charge is -1.93. The summed E-state index contributed by atoms with van der Waals surface area (Å²) in [5.74, 6) is -0.276. The summed E-state index contributed by atoms with van der Waals surface area (Å²) >= 11 is 5.12. The Morgan fingerprint density at radius 1 is 1.82 bits per heavy atom. The molecule has 62 valence electrons. The van der Waals surface area contributed by atoms with Crippen molar-refractivity contribution in [3.05, 3.63) is 10.1 Å². The van der Waals surface area contributed by atoms with Crippen LogP contribution in [0.4, 0.5) is 0 Å². The van der Waals surface area contributed by atoms with Crippen molar-refractivity contribution < 1.29 is 14.7 Å². The van der Waals surface area contributed by atoms with Crippen molar-refractivity contribution >= 4 is 16.8 Å². The summed E-state index contributed by atoms with van der Waals surface area (Å²) in [7, 11) is 0. The lowest BCUT2D eigenvalue weighted by molar-refractivity contribution is -0.758. The Bertz CT molecular complexity index is 195. The van der Waals surface area contributed by atoms with Crippen molar-refractivity contribution in [2.45, 2.75) is 6.42 Å². The van der Waals surface area contributed by atoms with Crippen LogP contribution in [0.3, 0.4) is 0 Å². The Hall–Kier alpha value is -0.840. The highest BCUT2D eigenvalue weighted by atomic mass is 35.5. The minimum atomic E-state index is -0.867. The first-order valence-corrected chi connectivity index (χ1v) is 3.45. The molecule has 0 aromatic rings. The molecule has 0 aromatic heterocycles. The van der Waals surface area contributed by atoms with Gasteiger partial charge in [-0.25, -0.2) is 0 Å². The Balaban J connectivity index is 2.14. The molecule has 0 aliphatic heterocycles. The average molecular weight is 180 g/mol.